The number of nitrogens with two attached hydrogens (primary N) is 1. The standard InChI is InChI=1S/C17H21FN2O2/c18-14-9-15(17(19)22)20(10-14)16(21)8-11-6-13(7-11)12-4-2-1-3-5-12/h1-5,11,13-15H,6-10H2,(H2,19,22)/t11?,13?,14-,15+/m1/s1. The third-order valence-corrected chi connectivity index (χ3v) is 4.87. The molecule has 0 unspecified atom stereocenters. The third-order valence-electron chi connectivity index (χ3n) is 4.87. The summed E-state index contributed by atoms with van der Waals surface area (Å²) in [5.41, 5.74) is 6.58. The Morgan fingerprint density at radius 2 is 1.86 bits per heavy atom. The summed E-state index contributed by atoms with van der Waals surface area (Å²) in [5.74, 6) is 0.0908. The molecule has 1 aliphatic carbocycles. The van der Waals surface area contributed by atoms with Crippen molar-refractivity contribution >= 4 is 11.8 Å². The summed E-state index contributed by atoms with van der Waals surface area (Å²) in [6, 6.07) is 9.49. The molecule has 3 rings (SSSR count). The zero-order valence-corrected chi connectivity index (χ0v) is 12.5. The second kappa shape index (κ2) is 6.07. The maximum absolute atomic E-state index is 13.5. The molecule has 118 valence electrons. The van der Waals surface area contributed by atoms with E-state index in [4.69, 9.17) is 5.73 Å². The first kappa shape index (κ1) is 15.0. The van der Waals surface area contributed by atoms with Crippen molar-refractivity contribution in [2.45, 2.75) is 43.8 Å². The molecule has 1 aromatic carbocycles. The molecule has 4 nitrogen and oxygen atoms in total. The summed E-state index contributed by atoms with van der Waals surface area (Å²) in [4.78, 5) is 25.0. The zero-order chi connectivity index (χ0) is 15.7. The number of halogens is 1. The number of carbonyl (C=O) groups excluding carboxylic acids is 2. The maximum atomic E-state index is 13.5. The molecule has 2 N–H and O–H groups in total. The Kier molecular flexibility index (Phi) is 4.14. The quantitative estimate of drug-likeness (QED) is 0.924. The lowest BCUT2D eigenvalue weighted by Gasteiger charge is -2.36. The van der Waals surface area contributed by atoms with Gasteiger partial charge >= 0.3 is 0 Å². The predicted molar refractivity (Wildman–Crippen MR) is 80.7 cm³/mol. The van der Waals surface area contributed by atoms with Crippen molar-refractivity contribution in [1.82, 2.24) is 4.90 Å². The summed E-state index contributed by atoms with van der Waals surface area (Å²) < 4.78 is 13.5. The molecule has 5 heteroatoms. The average molecular weight is 304 g/mol. The van der Waals surface area contributed by atoms with Gasteiger partial charge in [-0.1, -0.05) is 30.3 Å². The highest BCUT2D eigenvalue weighted by atomic mass is 19.1. The SMILES string of the molecule is NC(=O)[C@@H]1C[C@@H](F)CN1C(=O)CC1CC(c2ccccc2)C1. The van der Waals surface area contributed by atoms with Crippen LogP contribution in [0.1, 0.15) is 37.2 Å². The van der Waals surface area contributed by atoms with Crippen LogP contribution in [0.5, 0.6) is 0 Å². The molecule has 1 aromatic rings. The fraction of sp³-hybridized carbons (Fsp3) is 0.529. The van der Waals surface area contributed by atoms with E-state index in [1.54, 1.807) is 0 Å². The molecular formula is C17H21FN2O2. The van der Waals surface area contributed by atoms with Crippen LogP contribution in [-0.2, 0) is 9.59 Å². The van der Waals surface area contributed by atoms with Gasteiger partial charge in [-0.15, -0.1) is 0 Å². The van der Waals surface area contributed by atoms with Gasteiger partial charge in [-0.25, -0.2) is 4.39 Å². The minimum absolute atomic E-state index is 0.00126. The number of primary amides is 1. The monoisotopic (exact) mass is 304 g/mol. The lowest BCUT2D eigenvalue weighted by atomic mass is 9.70. The third kappa shape index (κ3) is 2.98. The number of amides is 2. The number of benzene rings is 1. The minimum Gasteiger partial charge on any atom is -0.368 e. The molecule has 0 spiro atoms. The first-order chi connectivity index (χ1) is 10.5. The number of rotatable bonds is 4. The van der Waals surface area contributed by atoms with Gasteiger partial charge in [0.05, 0.1) is 6.54 Å². The van der Waals surface area contributed by atoms with E-state index >= 15 is 0 Å². The molecular weight excluding hydrogens is 283 g/mol. The summed E-state index contributed by atoms with van der Waals surface area (Å²) in [6.45, 7) is 0.00126. The molecule has 0 radical (unpaired) electrons. The lowest BCUT2D eigenvalue weighted by Crippen LogP contribution is -2.44. The van der Waals surface area contributed by atoms with E-state index in [0.29, 0.717) is 18.3 Å². The second-order valence-corrected chi connectivity index (χ2v) is 6.45. The van der Waals surface area contributed by atoms with Crippen LogP contribution in [-0.4, -0.2) is 35.5 Å². The summed E-state index contributed by atoms with van der Waals surface area (Å²) in [7, 11) is 0. The largest absolute Gasteiger partial charge is 0.368 e. The molecule has 2 amide bonds. The number of carbonyl (C=O) groups is 2. The molecule has 0 bridgehead atoms. The molecule has 1 heterocycles. The zero-order valence-electron chi connectivity index (χ0n) is 12.5. The van der Waals surface area contributed by atoms with Crippen LogP contribution in [0.4, 0.5) is 4.39 Å². The van der Waals surface area contributed by atoms with Gasteiger partial charge < -0.3 is 10.6 Å². The van der Waals surface area contributed by atoms with Gasteiger partial charge in [0, 0.05) is 12.8 Å². The second-order valence-electron chi connectivity index (χ2n) is 6.45. The Labute approximate surface area is 129 Å². The molecule has 0 aromatic heterocycles. The maximum Gasteiger partial charge on any atom is 0.240 e. The molecule has 1 saturated carbocycles. The fourth-order valence-electron chi connectivity index (χ4n) is 3.59. The van der Waals surface area contributed by atoms with Crippen molar-refractivity contribution in [2.24, 2.45) is 11.7 Å². The Hall–Kier alpha value is -1.91. The highest BCUT2D eigenvalue weighted by Gasteiger charge is 2.40. The number of hydrogen-bond acceptors (Lipinski definition) is 2. The first-order valence-corrected chi connectivity index (χ1v) is 7.82. The van der Waals surface area contributed by atoms with Crippen molar-refractivity contribution in [3.8, 4) is 0 Å². The Morgan fingerprint density at radius 3 is 2.50 bits per heavy atom. The molecule has 1 aliphatic heterocycles. The topological polar surface area (TPSA) is 63.4 Å². The van der Waals surface area contributed by atoms with Crippen molar-refractivity contribution in [3.63, 3.8) is 0 Å². The summed E-state index contributed by atoms with van der Waals surface area (Å²) >= 11 is 0. The smallest absolute Gasteiger partial charge is 0.240 e. The average Bonchev–Trinajstić information content (AvgIpc) is 2.85. The van der Waals surface area contributed by atoms with Crippen LogP contribution in [0, 0.1) is 5.92 Å². The van der Waals surface area contributed by atoms with E-state index in [2.05, 4.69) is 12.1 Å². The van der Waals surface area contributed by atoms with E-state index in [1.165, 1.54) is 10.5 Å². The van der Waals surface area contributed by atoms with E-state index in [0.717, 1.165) is 12.8 Å². The van der Waals surface area contributed by atoms with Crippen molar-refractivity contribution < 1.29 is 14.0 Å². The van der Waals surface area contributed by atoms with Crippen LogP contribution in [0.15, 0.2) is 30.3 Å². The number of likely N-dealkylation sites (tertiary alicyclic amines) is 1. The van der Waals surface area contributed by atoms with Crippen LogP contribution in [0.2, 0.25) is 0 Å². The highest BCUT2D eigenvalue weighted by molar-refractivity contribution is 5.87. The van der Waals surface area contributed by atoms with Crippen molar-refractivity contribution in [2.75, 3.05) is 6.54 Å². The van der Waals surface area contributed by atoms with Gasteiger partial charge in [-0.05, 0) is 30.2 Å². The van der Waals surface area contributed by atoms with E-state index in [-0.39, 0.29) is 18.9 Å². The predicted octanol–water partition coefficient (Wildman–Crippen LogP) is 1.99. The normalized spacial score (nSPS) is 30.9. The van der Waals surface area contributed by atoms with Gasteiger partial charge in [-0.2, -0.15) is 0 Å². The van der Waals surface area contributed by atoms with Crippen LogP contribution in [0.25, 0.3) is 0 Å². The van der Waals surface area contributed by atoms with Gasteiger partial charge in [0.2, 0.25) is 11.8 Å². The van der Waals surface area contributed by atoms with E-state index in [1.807, 2.05) is 18.2 Å². The molecule has 22 heavy (non-hydrogen) atoms. The van der Waals surface area contributed by atoms with Gasteiger partial charge in [-0.3, -0.25) is 9.59 Å². The van der Waals surface area contributed by atoms with Crippen LogP contribution in [0.3, 0.4) is 0 Å². The first-order valence-electron chi connectivity index (χ1n) is 7.82. The summed E-state index contributed by atoms with van der Waals surface area (Å²) in [6.07, 6.45) is 1.24. The Bertz CT molecular complexity index is 557. The molecule has 2 aliphatic rings. The molecule has 2 atom stereocenters. The van der Waals surface area contributed by atoms with E-state index < -0.39 is 18.1 Å². The molecule has 2 fully saturated rings. The van der Waals surface area contributed by atoms with Gasteiger partial charge in [0.1, 0.15) is 12.2 Å². The van der Waals surface area contributed by atoms with Gasteiger partial charge in [0.15, 0.2) is 0 Å². The Morgan fingerprint density at radius 1 is 1.18 bits per heavy atom. The van der Waals surface area contributed by atoms with E-state index in [9.17, 15) is 14.0 Å². The fourth-order valence-corrected chi connectivity index (χ4v) is 3.59. The Balaban J connectivity index is 1.52. The minimum atomic E-state index is -1.14. The lowest BCUT2D eigenvalue weighted by molar-refractivity contribution is -0.138. The van der Waals surface area contributed by atoms with Crippen LogP contribution < -0.4 is 5.73 Å². The number of alkyl halides is 1. The number of hydrogen-bond donors (Lipinski definition) is 1. The van der Waals surface area contributed by atoms with Crippen molar-refractivity contribution in [3.05, 3.63) is 35.9 Å². The van der Waals surface area contributed by atoms with Crippen molar-refractivity contribution in [1.29, 1.82) is 0 Å². The van der Waals surface area contributed by atoms with Crippen LogP contribution >= 0.6 is 0 Å². The highest BCUT2D eigenvalue weighted by Crippen LogP contribution is 2.43. The number of nitrogens with zero attached hydrogens (tertiary/aromatic N) is 1. The molecule has 1 saturated heterocycles. The summed E-state index contributed by atoms with van der Waals surface area (Å²) in [5, 5.41) is 0. The van der Waals surface area contributed by atoms with Gasteiger partial charge in [0.25, 0.3) is 0 Å².